The highest BCUT2D eigenvalue weighted by atomic mass is 35.5. The monoisotopic (exact) mass is 215 g/mol. The van der Waals surface area contributed by atoms with Gasteiger partial charge in [0.25, 0.3) is 0 Å². The molecule has 0 fully saturated rings. The molecule has 1 N–H and O–H groups in total. The maximum absolute atomic E-state index is 8.72. The van der Waals surface area contributed by atoms with Gasteiger partial charge < -0.3 is 10.0 Å². The molecular weight excluding hydrogens is 202 g/mol. The largest absolute Gasteiger partial charge is 0.396 e. The fourth-order valence-electron chi connectivity index (χ4n) is 1.17. The van der Waals surface area contributed by atoms with Gasteiger partial charge in [-0.25, -0.2) is 0 Å². The molecule has 4 nitrogen and oxygen atoms in total. The Balaban J connectivity index is 2.64. The van der Waals surface area contributed by atoms with E-state index in [2.05, 4.69) is 10.2 Å². The minimum Gasteiger partial charge on any atom is -0.396 e. The average Bonchev–Trinajstić information content (AvgIpc) is 2.21. The molecule has 0 amide bonds. The highest BCUT2D eigenvalue weighted by Crippen LogP contribution is 2.11. The Morgan fingerprint density at radius 3 is 2.71 bits per heavy atom. The molecule has 0 spiro atoms. The molecule has 0 aliphatic carbocycles. The number of aliphatic hydroxyl groups excluding tert-OH is 1. The van der Waals surface area contributed by atoms with Gasteiger partial charge in [0.05, 0.1) is 0 Å². The Morgan fingerprint density at radius 1 is 1.43 bits per heavy atom. The van der Waals surface area contributed by atoms with Crippen LogP contribution in [0.4, 0.5) is 5.82 Å². The lowest BCUT2D eigenvalue weighted by atomic mass is 10.3. The average molecular weight is 216 g/mol. The zero-order valence-electron chi connectivity index (χ0n) is 8.15. The number of rotatable bonds is 5. The Kier molecular flexibility index (Phi) is 4.62. The first-order chi connectivity index (χ1) is 6.77. The van der Waals surface area contributed by atoms with Crippen LogP contribution in [0.15, 0.2) is 12.1 Å². The first-order valence-electron chi connectivity index (χ1n) is 4.63. The van der Waals surface area contributed by atoms with Crippen LogP contribution < -0.4 is 4.90 Å². The molecule has 0 radical (unpaired) electrons. The lowest BCUT2D eigenvalue weighted by molar-refractivity contribution is 0.289. The minimum absolute atomic E-state index is 0.192. The Hall–Kier alpha value is -0.870. The van der Waals surface area contributed by atoms with Crippen LogP contribution in [-0.2, 0) is 0 Å². The van der Waals surface area contributed by atoms with E-state index in [1.807, 2.05) is 17.9 Å². The number of aromatic nitrogens is 2. The summed E-state index contributed by atoms with van der Waals surface area (Å²) in [6.45, 7) is 3.85. The predicted octanol–water partition coefficient (Wildman–Crippen LogP) is 1.34. The molecule has 78 valence electrons. The van der Waals surface area contributed by atoms with Crippen LogP contribution >= 0.6 is 11.6 Å². The molecule has 0 atom stereocenters. The van der Waals surface area contributed by atoms with Crippen molar-refractivity contribution in [2.24, 2.45) is 0 Å². The van der Waals surface area contributed by atoms with Crippen LogP contribution in [-0.4, -0.2) is 35.0 Å². The number of nitrogens with zero attached hydrogens (tertiary/aromatic N) is 3. The quantitative estimate of drug-likeness (QED) is 0.806. The molecule has 1 aromatic rings. The van der Waals surface area contributed by atoms with E-state index < -0.39 is 0 Å². The molecule has 0 aliphatic heterocycles. The molecule has 0 saturated carbocycles. The number of halogens is 1. The summed E-state index contributed by atoms with van der Waals surface area (Å²) in [5, 5.41) is 16.8. The predicted molar refractivity (Wildman–Crippen MR) is 56.6 cm³/mol. The second-order valence-electron chi connectivity index (χ2n) is 2.87. The van der Waals surface area contributed by atoms with Crippen LogP contribution in [0.25, 0.3) is 0 Å². The Labute approximate surface area is 88.5 Å². The zero-order chi connectivity index (χ0) is 10.4. The van der Waals surface area contributed by atoms with Crippen molar-refractivity contribution in [2.75, 3.05) is 24.6 Å². The van der Waals surface area contributed by atoms with E-state index in [1.54, 1.807) is 6.07 Å². The molecular formula is C9H14ClN3O. The molecule has 0 unspecified atom stereocenters. The third-order valence-electron chi connectivity index (χ3n) is 1.91. The maximum atomic E-state index is 8.72. The van der Waals surface area contributed by atoms with E-state index in [0.29, 0.717) is 5.15 Å². The standard InChI is InChI=1S/C9H14ClN3O/c1-2-13(6-3-7-14)9-5-4-8(10)11-12-9/h4-5,14H,2-3,6-7H2,1H3. The van der Waals surface area contributed by atoms with E-state index in [0.717, 1.165) is 25.3 Å². The van der Waals surface area contributed by atoms with Crippen LogP contribution in [0.5, 0.6) is 0 Å². The molecule has 5 heteroatoms. The van der Waals surface area contributed by atoms with Crippen molar-refractivity contribution in [3.05, 3.63) is 17.3 Å². The fraction of sp³-hybridized carbons (Fsp3) is 0.556. The summed E-state index contributed by atoms with van der Waals surface area (Å²) >= 11 is 5.63. The lowest BCUT2D eigenvalue weighted by Crippen LogP contribution is -2.25. The van der Waals surface area contributed by atoms with Crippen LogP contribution in [0.3, 0.4) is 0 Å². The van der Waals surface area contributed by atoms with Gasteiger partial charge in [0, 0.05) is 19.7 Å². The molecule has 1 rings (SSSR count). The smallest absolute Gasteiger partial charge is 0.151 e. The highest BCUT2D eigenvalue weighted by molar-refractivity contribution is 6.29. The summed E-state index contributed by atoms with van der Waals surface area (Å²) in [5.74, 6) is 0.797. The van der Waals surface area contributed by atoms with Gasteiger partial charge in [-0.05, 0) is 25.5 Å². The van der Waals surface area contributed by atoms with Gasteiger partial charge in [0.1, 0.15) is 0 Å². The van der Waals surface area contributed by atoms with Crippen molar-refractivity contribution in [1.29, 1.82) is 0 Å². The Morgan fingerprint density at radius 2 is 2.21 bits per heavy atom. The summed E-state index contributed by atoms with van der Waals surface area (Å²) in [7, 11) is 0. The van der Waals surface area contributed by atoms with Crippen LogP contribution in [0.2, 0.25) is 5.15 Å². The number of hydrogen-bond acceptors (Lipinski definition) is 4. The number of hydrogen-bond donors (Lipinski definition) is 1. The van der Waals surface area contributed by atoms with Crippen molar-refractivity contribution in [3.63, 3.8) is 0 Å². The van der Waals surface area contributed by atoms with Crippen molar-refractivity contribution in [2.45, 2.75) is 13.3 Å². The molecule has 0 aliphatic rings. The van der Waals surface area contributed by atoms with Gasteiger partial charge in [-0.15, -0.1) is 10.2 Å². The van der Waals surface area contributed by atoms with Crippen molar-refractivity contribution < 1.29 is 5.11 Å². The normalized spacial score (nSPS) is 10.2. The third kappa shape index (κ3) is 3.12. The SMILES string of the molecule is CCN(CCCO)c1ccc(Cl)nn1. The van der Waals surface area contributed by atoms with E-state index in [1.165, 1.54) is 0 Å². The molecule has 1 aromatic heterocycles. The van der Waals surface area contributed by atoms with E-state index in [4.69, 9.17) is 16.7 Å². The Bertz CT molecular complexity index is 265. The topological polar surface area (TPSA) is 49.2 Å². The van der Waals surface area contributed by atoms with Crippen molar-refractivity contribution >= 4 is 17.4 Å². The lowest BCUT2D eigenvalue weighted by Gasteiger charge is -2.20. The second-order valence-corrected chi connectivity index (χ2v) is 3.26. The molecule has 0 bridgehead atoms. The summed E-state index contributed by atoms with van der Waals surface area (Å²) in [5.41, 5.74) is 0. The summed E-state index contributed by atoms with van der Waals surface area (Å²) in [4.78, 5) is 2.04. The molecule has 14 heavy (non-hydrogen) atoms. The molecule has 1 heterocycles. The zero-order valence-corrected chi connectivity index (χ0v) is 8.91. The first-order valence-corrected chi connectivity index (χ1v) is 5.00. The minimum atomic E-state index is 0.192. The maximum Gasteiger partial charge on any atom is 0.151 e. The molecule has 0 saturated heterocycles. The van der Waals surface area contributed by atoms with Gasteiger partial charge in [-0.3, -0.25) is 0 Å². The van der Waals surface area contributed by atoms with Gasteiger partial charge in [-0.2, -0.15) is 0 Å². The summed E-state index contributed by atoms with van der Waals surface area (Å²) in [6.07, 6.45) is 0.734. The highest BCUT2D eigenvalue weighted by Gasteiger charge is 2.05. The van der Waals surface area contributed by atoms with Gasteiger partial charge in [0.2, 0.25) is 0 Å². The van der Waals surface area contributed by atoms with Gasteiger partial charge in [-0.1, -0.05) is 11.6 Å². The summed E-state index contributed by atoms with van der Waals surface area (Å²) in [6, 6.07) is 3.54. The van der Waals surface area contributed by atoms with Gasteiger partial charge >= 0.3 is 0 Å². The van der Waals surface area contributed by atoms with Crippen LogP contribution in [0, 0.1) is 0 Å². The van der Waals surface area contributed by atoms with Crippen molar-refractivity contribution in [3.8, 4) is 0 Å². The number of aliphatic hydroxyl groups is 1. The van der Waals surface area contributed by atoms with E-state index in [-0.39, 0.29) is 6.61 Å². The molecule has 0 aromatic carbocycles. The first kappa shape index (κ1) is 11.2. The van der Waals surface area contributed by atoms with E-state index in [9.17, 15) is 0 Å². The second kappa shape index (κ2) is 5.78. The third-order valence-corrected chi connectivity index (χ3v) is 2.11. The van der Waals surface area contributed by atoms with Crippen molar-refractivity contribution in [1.82, 2.24) is 10.2 Å². The van der Waals surface area contributed by atoms with Crippen LogP contribution in [0.1, 0.15) is 13.3 Å². The van der Waals surface area contributed by atoms with Gasteiger partial charge in [0.15, 0.2) is 11.0 Å². The van der Waals surface area contributed by atoms with E-state index >= 15 is 0 Å². The summed E-state index contributed by atoms with van der Waals surface area (Å²) < 4.78 is 0. The number of anilines is 1. The fourth-order valence-corrected chi connectivity index (χ4v) is 1.27.